The molecule has 1 aromatic rings. The highest BCUT2D eigenvalue weighted by Crippen LogP contribution is 2.36. The zero-order chi connectivity index (χ0) is 20.0. The van der Waals surface area contributed by atoms with E-state index in [4.69, 9.17) is 4.43 Å². The predicted octanol–water partition coefficient (Wildman–Crippen LogP) is 4.53. The molecule has 0 spiro atoms. The van der Waals surface area contributed by atoms with Gasteiger partial charge in [-0.3, -0.25) is 0 Å². The number of allylic oxidation sites excluding steroid dienone is 1. The average Bonchev–Trinajstić information content (AvgIpc) is 2.50. The Morgan fingerprint density at radius 2 is 1.77 bits per heavy atom. The largest absolute Gasteiger partial charge is 0.413 e. The van der Waals surface area contributed by atoms with Crippen LogP contribution in [0.2, 0.25) is 18.1 Å². The van der Waals surface area contributed by atoms with E-state index >= 15 is 0 Å². The smallest absolute Gasteiger partial charge is 0.208 e. The molecule has 26 heavy (non-hydrogen) atoms. The highest BCUT2D eigenvalue weighted by molar-refractivity contribution is 7.88. The number of sulfonamides is 1. The van der Waals surface area contributed by atoms with Crippen LogP contribution < -0.4 is 4.72 Å². The Hall–Kier alpha value is -0.953. The highest BCUT2D eigenvalue weighted by Gasteiger charge is 2.36. The summed E-state index contributed by atoms with van der Waals surface area (Å²) >= 11 is 0. The lowest BCUT2D eigenvalue weighted by Gasteiger charge is -2.35. The summed E-state index contributed by atoms with van der Waals surface area (Å²) in [5, 5.41) is 0.193. The van der Waals surface area contributed by atoms with Gasteiger partial charge in [0.1, 0.15) is 0 Å². The van der Waals surface area contributed by atoms with Crippen LogP contribution in [0.5, 0.6) is 0 Å². The predicted molar refractivity (Wildman–Crippen MR) is 113 cm³/mol. The molecule has 0 bridgehead atoms. The molecule has 148 valence electrons. The van der Waals surface area contributed by atoms with Gasteiger partial charge in [0.05, 0.1) is 12.9 Å². The van der Waals surface area contributed by atoms with Crippen LogP contribution >= 0.6 is 0 Å². The van der Waals surface area contributed by atoms with Gasteiger partial charge in [0.15, 0.2) is 8.32 Å². The van der Waals surface area contributed by atoms with Crippen LogP contribution in [0.1, 0.15) is 39.2 Å². The lowest BCUT2D eigenvalue weighted by Crippen LogP contribution is -2.40. The molecule has 1 aromatic carbocycles. The second-order valence-corrected chi connectivity index (χ2v) is 15.1. The third-order valence-corrected chi connectivity index (χ3v) is 10.4. The minimum atomic E-state index is -3.21. The van der Waals surface area contributed by atoms with Gasteiger partial charge in [-0.1, -0.05) is 70.2 Å². The quantitative estimate of drug-likeness (QED) is 0.492. The van der Waals surface area contributed by atoms with Crippen LogP contribution in [0.15, 0.2) is 42.5 Å². The van der Waals surface area contributed by atoms with Gasteiger partial charge >= 0.3 is 0 Å². The van der Waals surface area contributed by atoms with Crippen LogP contribution in [-0.2, 0) is 14.4 Å². The van der Waals surface area contributed by atoms with E-state index < -0.39 is 18.3 Å². The zero-order valence-electron chi connectivity index (χ0n) is 17.2. The maximum Gasteiger partial charge on any atom is 0.208 e. The first-order valence-electron chi connectivity index (χ1n) is 9.14. The van der Waals surface area contributed by atoms with Crippen LogP contribution in [0.3, 0.4) is 0 Å². The number of benzene rings is 1. The number of hydrogen-bond acceptors (Lipinski definition) is 3. The molecule has 1 N–H and O–H groups in total. The van der Waals surface area contributed by atoms with E-state index in [0.717, 1.165) is 5.56 Å². The summed E-state index contributed by atoms with van der Waals surface area (Å²) in [5.41, 5.74) is 1.13. The van der Waals surface area contributed by atoms with E-state index in [1.54, 1.807) is 0 Å². The van der Waals surface area contributed by atoms with E-state index in [2.05, 4.69) is 57.7 Å². The molecule has 0 unspecified atom stereocenters. The van der Waals surface area contributed by atoms with Crippen LogP contribution in [0.25, 0.3) is 0 Å². The molecule has 0 aliphatic rings. The Labute approximate surface area is 161 Å². The Balaban J connectivity index is 2.78. The third kappa shape index (κ3) is 7.74. The molecule has 0 aromatic heterocycles. The third-order valence-electron chi connectivity index (χ3n) is 5.21. The van der Waals surface area contributed by atoms with Gasteiger partial charge in [0, 0.05) is 12.5 Å². The van der Waals surface area contributed by atoms with E-state index in [1.807, 2.05) is 30.3 Å². The van der Waals surface area contributed by atoms with E-state index in [0.29, 0.717) is 13.2 Å². The molecule has 6 heteroatoms. The molecule has 2 atom stereocenters. The second kappa shape index (κ2) is 9.31. The second-order valence-electron chi connectivity index (χ2n) is 8.50. The first-order chi connectivity index (χ1) is 11.8. The molecular weight excluding hydrogens is 362 g/mol. The minimum Gasteiger partial charge on any atom is -0.413 e. The fraction of sp³-hybridized carbons (Fsp3) is 0.600. The summed E-state index contributed by atoms with van der Waals surface area (Å²) in [4.78, 5) is 0. The van der Waals surface area contributed by atoms with Crippen molar-refractivity contribution in [3.63, 3.8) is 0 Å². The Kier molecular flexibility index (Phi) is 8.26. The Bertz CT molecular complexity index is 679. The molecule has 0 aliphatic heterocycles. The van der Waals surface area contributed by atoms with Gasteiger partial charge in [0.2, 0.25) is 10.0 Å². The van der Waals surface area contributed by atoms with Gasteiger partial charge < -0.3 is 4.43 Å². The van der Waals surface area contributed by atoms with Crippen LogP contribution in [0.4, 0.5) is 0 Å². The summed E-state index contributed by atoms with van der Waals surface area (Å²) in [7, 11) is -4.97. The summed E-state index contributed by atoms with van der Waals surface area (Å²) < 4.78 is 31.9. The first-order valence-corrected chi connectivity index (χ1v) is 13.9. The van der Waals surface area contributed by atoms with Crippen molar-refractivity contribution in [2.75, 3.05) is 19.4 Å². The van der Waals surface area contributed by atoms with Crippen LogP contribution in [-0.4, -0.2) is 36.1 Å². The van der Waals surface area contributed by atoms with Crippen molar-refractivity contribution in [1.29, 1.82) is 0 Å². The normalized spacial score (nSPS) is 16.0. The van der Waals surface area contributed by atoms with Crippen molar-refractivity contribution in [1.82, 2.24) is 4.72 Å². The van der Waals surface area contributed by atoms with Crippen molar-refractivity contribution >= 4 is 18.3 Å². The van der Waals surface area contributed by atoms with Gasteiger partial charge in [-0.25, -0.2) is 13.1 Å². The average molecular weight is 398 g/mol. The number of rotatable bonds is 9. The van der Waals surface area contributed by atoms with Crippen molar-refractivity contribution < 1.29 is 12.8 Å². The van der Waals surface area contributed by atoms with Gasteiger partial charge in [0.25, 0.3) is 0 Å². The fourth-order valence-electron chi connectivity index (χ4n) is 2.43. The van der Waals surface area contributed by atoms with E-state index in [1.165, 1.54) is 6.26 Å². The van der Waals surface area contributed by atoms with Crippen molar-refractivity contribution in [2.45, 2.75) is 51.7 Å². The van der Waals surface area contributed by atoms with Gasteiger partial charge in [-0.05, 0) is 29.6 Å². The molecule has 0 aliphatic carbocycles. The van der Waals surface area contributed by atoms with Crippen molar-refractivity contribution in [3.05, 3.63) is 48.0 Å². The molecular formula is C20H35NO3SSi. The summed E-state index contributed by atoms with van der Waals surface area (Å²) in [6.07, 6.45) is 5.40. The monoisotopic (exact) mass is 397 g/mol. The summed E-state index contributed by atoms with van der Waals surface area (Å²) in [6.45, 7) is 14.3. The van der Waals surface area contributed by atoms with Crippen LogP contribution in [0, 0.1) is 5.92 Å². The summed E-state index contributed by atoms with van der Waals surface area (Å²) in [6, 6.07) is 10.0. The molecule has 1 rings (SSSR count). The van der Waals surface area contributed by atoms with Gasteiger partial charge in [-0.15, -0.1) is 0 Å². The highest BCUT2D eigenvalue weighted by atomic mass is 32.2. The maximum absolute atomic E-state index is 11.5. The van der Waals surface area contributed by atoms with Gasteiger partial charge in [-0.2, -0.15) is 0 Å². The summed E-state index contributed by atoms with van der Waals surface area (Å²) in [5.74, 6) is 0.268. The lowest BCUT2D eigenvalue weighted by atomic mass is 9.87. The van der Waals surface area contributed by atoms with Crippen molar-refractivity contribution in [2.24, 2.45) is 5.92 Å². The van der Waals surface area contributed by atoms with E-state index in [9.17, 15) is 8.42 Å². The molecule has 0 heterocycles. The number of hydrogen-bond donors (Lipinski definition) is 1. The fourth-order valence-corrected chi connectivity index (χ4v) is 3.85. The zero-order valence-corrected chi connectivity index (χ0v) is 19.1. The molecule has 0 fully saturated rings. The Morgan fingerprint density at radius 3 is 2.27 bits per heavy atom. The standard InChI is InChI=1S/C20H35NO3SSi/c1-17(12-11-15-24-26(6,7)20(2,3)4)19(16-21-25(5,22)23)18-13-9-8-10-14-18/h8-14,17,19,21H,15-16H2,1-7H3/b12-11-/t17-,19+/m1/s1. The lowest BCUT2D eigenvalue weighted by molar-refractivity contribution is 0.327. The molecule has 0 saturated heterocycles. The topological polar surface area (TPSA) is 55.4 Å². The Morgan fingerprint density at radius 1 is 1.19 bits per heavy atom. The molecule has 4 nitrogen and oxygen atoms in total. The van der Waals surface area contributed by atoms with Crippen molar-refractivity contribution in [3.8, 4) is 0 Å². The minimum absolute atomic E-state index is 0.0787. The SMILES string of the molecule is C[C@H](/C=C\CO[Si](C)(C)C(C)(C)C)[C@H](CNS(C)(=O)=O)c1ccccc1. The molecule has 0 amide bonds. The maximum atomic E-state index is 11.5. The molecule has 0 radical (unpaired) electrons. The first kappa shape index (κ1) is 23.1. The van der Waals surface area contributed by atoms with E-state index in [-0.39, 0.29) is 16.9 Å². The number of nitrogens with one attached hydrogen (secondary N) is 1. The molecule has 0 saturated carbocycles.